The van der Waals surface area contributed by atoms with Gasteiger partial charge in [0.1, 0.15) is 17.6 Å². The number of hydrogen-bond acceptors (Lipinski definition) is 6. The zero-order valence-electron chi connectivity index (χ0n) is 22.4. The molecule has 0 saturated carbocycles. The van der Waals surface area contributed by atoms with E-state index in [1.165, 1.54) is 4.90 Å². The molecular weight excluding hydrogens is 496 g/mol. The molecule has 0 radical (unpaired) electrons. The zero-order valence-corrected chi connectivity index (χ0v) is 22.4. The van der Waals surface area contributed by atoms with E-state index < -0.39 is 35.0 Å². The van der Waals surface area contributed by atoms with E-state index in [0.717, 1.165) is 10.8 Å². The van der Waals surface area contributed by atoms with E-state index in [2.05, 4.69) is 13.2 Å². The number of rotatable bonds is 11. The van der Waals surface area contributed by atoms with Gasteiger partial charge in [-0.2, -0.15) is 0 Å². The molecule has 2 unspecified atom stereocenters. The van der Waals surface area contributed by atoms with Crippen LogP contribution in [-0.2, 0) is 23.9 Å². The standard InChI is InChI=1S/C31H36N2O6/c1-4-6-19-38-29(37)25-24-27(35)33(17-9-18-34)26(31(24)15-14-30(25,3)39-31)28(36)32(16-5-2)23-13-12-21-10-7-8-11-22(21)20-23/h4-5,7-8,10-13,20,24-26,34H,1-2,6,9,14-19H2,3H3/t24-,25-,26?,30+,31?/m0/s1. The SMILES string of the molecule is C=CCCOC(=O)[C@@H]1[C@H]2C(=O)N(CCCO)C(C(=O)N(CC=C)c3ccc4ccccc4c3)C23CC[C@@]1(C)O3. The summed E-state index contributed by atoms with van der Waals surface area (Å²) >= 11 is 0. The molecule has 39 heavy (non-hydrogen) atoms. The van der Waals surface area contributed by atoms with Crippen molar-refractivity contribution in [3.8, 4) is 0 Å². The Morgan fingerprint density at radius 1 is 1.18 bits per heavy atom. The summed E-state index contributed by atoms with van der Waals surface area (Å²) in [5.74, 6) is -2.71. The van der Waals surface area contributed by atoms with E-state index in [1.807, 2.05) is 49.4 Å². The topological polar surface area (TPSA) is 96.4 Å². The maximum absolute atomic E-state index is 14.5. The van der Waals surface area contributed by atoms with Crippen LogP contribution >= 0.6 is 0 Å². The molecule has 2 aromatic carbocycles. The van der Waals surface area contributed by atoms with Gasteiger partial charge in [-0.1, -0.05) is 42.5 Å². The van der Waals surface area contributed by atoms with Gasteiger partial charge in [0.15, 0.2) is 0 Å². The highest BCUT2D eigenvalue weighted by atomic mass is 16.6. The summed E-state index contributed by atoms with van der Waals surface area (Å²) < 4.78 is 12.2. The molecule has 8 nitrogen and oxygen atoms in total. The Balaban J connectivity index is 1.55. The largest absolute Gasteiger partial charge is 0.465 e. The molecule has 3 aliphatic heterocycles. The van der Waals surface area contributed by atoms with Gasteiger partial charge in [-0.25, -0.2) is 0 Å². The van der Waals surface area contributed by atoms with Crippen molar-refractivity contribution in [1.29, 1.82) is 0 Å². The van der Waals surface area contributed by atoms with Gasteiger partial charge in [0.05, 0.1) is 18.1 Å². The fourth-order valence-corrected chi connectivity index (χ4v) is 6.82. The lowest BCUT2D eigenvalue weighted by Crippen LogP contribution is -2.56. The van der Waals surface area contributed by atoms with Gasteiger partial charge >= 0.3 is 5.97 Å². The lowest BCUT2D eigenvalue weighted by Gasteiger charge is -2.36. The van der Waals surface area contributed by atoms with Crippen molar-refractivity contribution in [2.45, 2.75) is 49.9 Å². The number of amides is 2. The first-order chi connectivity index (χ1) is 18.8. The molecule has 5 rings (SSSR count). The molecule has 206 valence electrons. The predicted octanol–water partition coefficient (Wildman–Crippen LogP) is 3.63. The second-order valence-electron chi connectivity index (χ2n) is 10.9. The lowest BCUT2D eigenvalue weighted by molar-refractivity contribution is -0.159. The van der Waals surface area contributed by atoms with Crippen molar-refractivity contribution in [2.24, 2.45) is 11.8 Å². The first-order valence-electron chi connectivity index (χ1n) is 13.6. The smallest absolute Gasteiger partial charge is 0.312 e. The molecule has 1 spiro atoms. The summed E-state index contributed by atoms with van der Waals surface area (Å²) in [5.41, 5.74) is -1.37. The molecule has 3 saturated heterocycles. The monoisotopic (exact) mass is 532 g/mol. The van der Waals surface area contributed by atoms with Crippen molar-refractivity contribution in [3.63, 3.8) is 0 Å². The van der Waals surface area contributed by atoms with Crippen molar-refractivity contribution < 1.29 is 29.0 Å². The lowest BCUT2D eigenvalue weighted by atomic mass is 9.66. The van der Waals surface area contributed by atoms with Gasteiger partial charge in [-0.3, -0.25) is 14.4 Å². The Labute approximate surface area is 228 Å². The molecule has 0 aromatic heterocycles. The minimum Gasteiger partial charge on any atom is -0.465 e. The van der Waals surface area contributed by atoms with E-state index in [1.54, 1.807) is 17.1 Å². The number of aliphatic hydroxyl groups excluding tert-OH is 1. The average Bonchev–Trinajstić information content (AvgIpc) is 3.50. The van der Waals surface area contributed by atoms with E-state index in [0.29, 0.717) is 31.4 Å². The van der Waals surface area contributed by atoms with Crippen LogP contribution < -0.4 is 4.90 Å². The minimum absolute atomic E-state index is 0.130. The number of nitrogens with zero attached hydrogens (tertiary/aromatic N) is 2. The highest BCUT2D eigenvalue weighted by Crippen LogP contribution is 2.63. The highest BCUT2D eigenvalue weighted by Gasteiger charge is 2.78. The van der Waals surface area contributed by atoms with Gasteiger partial charge in [-0.15, -0.1) is 13.2 Å². The van der Waals surface area contributed by atoms with Gasteiger partial charge in [0.2, 0.25) is 5.91 Å². The maximum Gasteiger partial charge on any atom is 0.312 e. The van der Waals surface area contributed by atoms with Crippen molar-refractivity contribution in [3.05, 3.63) is 67.8 Å². The quantitative estimate of drug-likeness (QED) is 0.270. The van der Waals surface area contributed by atoms with Crippen LogP contribution in [0.4, 0.5) is 5.69 Å². The van der Waals surface area contributed by atoms with Gasteiger partial charge < -0.3 is 24.4 Å². The summed E-state index contributed by atoms with van der Waals surface area (Å²) in [7, 11) is 0. The third-order valence-corrected chi connectivity index (χ3v) is 8.51. The third-order valence-electron chi connectivity index (χ3n) is 8.51. The van der Waals surface area contributed by atoms with Crippen molar-refractivity contribution >= 4 is 34.2 Å². The fraction of sp³-hybridized carbons (Fsp3) is 0.452. The van der Waals surface area contributed by atoms with Gasteiger partial charge in [-0.05, 0) is 55.5 Å². The summed E-state index contributed by atoms with van der Waals surface area (Å²) in [6, 6.07) is 12.8. The molecule has 2 bridgehead atoms. The molecule has 2 amide bonds. The number of likely N-dealkylation sites (tertiary alicyclic amines) is 1. The van der Waals surface area contributed by atoms with E-state index in [4.69, 9.17) is 9.47 Å². The van der Waals surface area contributed by atoms with Crippen LogP contribution in [0.3, 0.4) is 0 Å². The van der Waals surface area contributed by atoms with Crippen molar-refractivity contribution in [1.82, 2.24) is 4.90 Å². The average molecular weight is 533 g/mol. The number of hydrogen-bond donors (Lipinski definition) is 1. The molecule has 1 N–H and O–H groups in total. The number of carbonyl (C=O) groups excluding carboxylic acids is 3. The van der Waals surface area contributed by atoms with Crippen LogP contribution in [0.5, 0.6) is 0 Å². The molecule has 5 atom stereocenters. The number of fused-ring (bicyclic) bond motifs is 2. The fourth-order valence-electron chi connectivity index (χ4n) is 6.82. The van der Waals surface area contributed by atoms with E-state index in [-0.39, 0.29) is 38.1 Å². The van der Waals surface area contributed by atoms with Gasteiger partial charge in [0, 0.05) is 25.4 Å². The molecule has 3 aliphatic rings. The molecule has 3 fully saturated rings. The molecular formula is C31H36N2O6. The Bertz CT molecular complexity index is 1310. The number of carbonyl (C=O) groups is 3. The Morgan fingerprint density at radius 3 is 2.67 bits per heavy atom. The van der Waals surface area contributed by atoms with Crippen LogP contribution in [0.1, 0.15) is 32.6 Å². The molecule has 2 aromatic rings. The number of esters is 1. The van der Waals surface area contributed by atoms with Crippen LogP contribution in [0.25, 0.3) is 10.8 Å². The van der Waals surface area contributed by atoms with E-state index in [9.17, 15) is 19.5 Å². The molecule has 8 heteroatoms. The predicted molar refractivity (Wildman–Crippen MR) is 148 cm³/mol. The molecule has 0 aliphatic carbocycles. The number of anilines is 1. The Hall–Kier alpha value is -3.49. The van der Waals surface area contributed by atoms with Gasteiger partial charge in [0.25, 0.3) is 5.91 Å². The zero-order chi connectivity index (χ0) is 27.8. The second kappa shape index (κ2) is 10.6. The van der Waals surface area contributed by atoms with Crippen LogP contribution in [0.2, 0.25) is 0 Å². The molecule has 3 heterocycles. The van der Waals surface area contributed by atoms with Crippen molar-refractivity contribution in [2.75, 3.05) is 31.2 Å². The first kappa shape index (κ1) is 27.1. The highest BCUT2D eigenvalue weighted by molar-refractivity contribution is 6.05. The second-order valence-corrected chi connectivity index (χ2v) is 10.9. The first-order valence-corrected chi connectivity index (χ1v) is 13.6. The normalized spacial score (nSPS) is 28.9. The Kier molecular flexibility index (Phi) is 7.35. The van der Waals surface area contributed by atoms with Crippen LogP contribution in [0, 0.1) is 11.8 Å². The summed E-state index contributed by atoms with van der Waals surface area (Å²) in [4.78, 5) is 45.0. The van der Waals surface area contributed by atoms with E-state index >= 15 is 0 Å². The third kappa shape index (κ3) is 4.36. The number of ether oxygens (including phenoxy) is 2. The van der Waals surface area contributed by atoms with Crippen LogP contribution in [-0.4, -0.2) is 71.3 Å². The number of benzene rings is 2. The number of aliphatic hydroxyl groups is 1. The summed E-state index contributed by atoms with van der Waals surface area (Å²) in [6.07, 6.45) is 5.15. The maximum atomic E-state index is 14.5. The minimum atomic E-state index is -1.16. The summed E-state index contributed by atoms with van der Waals surface area (Å²) in [6.45, 7) is 9.84. The Morgan fingerprint density at radius 2 is 1.95 bits per heavy atom. The summed E-state index contributed by atoms with van der Waals surface area (Å²) in [5, 5.41) is 11.6. The van der Waals surface area contributed by atoms with Crippen LogP contribution in [0.15, 0.2) is 67.8 Å².